The number of benzene rings is 1. The fourth-order valence-electron chi connectivity index (χ4n) is 1.39. The molecule has 0 bridgehead atoms. The summed E-state index contributed by atoms with van der Waals surface area (Å²) in [5, 5.41) is 14.1. The van der Waals surface area contributed by atoms with Gasteiger partial charge < -0.3 is 15.7 Å². The second-order valence-electron chi connectivity index (χ2n) is 3.91. The van der Waals surface area contributed by atoms with Crippen molar-refractivity contribution in [2.75, 3.05) is 10.6 Å². The van der Waals surface area contributed by atoms with Gasteiger partial charge in [-0.15, -0.1) is 0 Å². The number of anilines is 2. The summed E-state index contributed by atoms with van der Waals surface area (Å²) in [6, 6.07) is 4.21. The standard InChI is InChI=1S/C13H16N2O4/c1-3-11(16)14-9-5-8(13(18)19)6-10(7-9)15-12(17)4-2/h5-7H,3-4H2,1-2H3,(H,14,16)(H,15,17)(H,18,19). The van der Waals surface area contributed by atoms with Crippen LogP contribution in [0.15, 0.2) is 18.2 Å². The van der Waals surface area contributed by atoms with Crippen LogP contribution in [-0.2, 0) is 9.59 Å². The zero-order chi connectivity index (χ0) is 14.4. The van der Waals surface area contributed by atoms with Crippen LogP contribution < -0.4 is 10.6 Å². The summed E-state index contributed by atoms with van der Waals surface area (Å²) in [5.41, 5.74) is 0.691. The molecule has 0 aliphatic carbocycles. The van der Waals surface area contributed by atoms with Crippen LogP contribution in [0.2, 0.25) is 0 Å². The predicted molar refractivity (Wildman–Crippen MR) is 71.2 cm³/mol. The van der Waals surface area contributed by atoms with Crippen molar-refractivity contribution in [2.45, 2.75) is 26.7 Å². The minimum Gasteiger partial charge on any atom is -0.478 e. The number of carboxylic acid groups (broad SMARTS) is 1. The first-order valence-electron chi connectivity index (χ1n) is 5.94. The third-order valence-electron chi connectivity index (χ3n) is 2.39. The zero-order valence-corrected chi connectivity index (χ0v) is 10.8. The Morgan fingerprint density at radius 2 is 1.37 bits per heavy atom. The maximum absolute atomic E-state index is 11.3. The first kappa shape index (κ1) is 14.7. The van der Waals surface area contributed by atoms with Gasteiger partial charge in [0.1, 0.15) is 0 Å². The average Bonchev–Trinajstić information content (AvgIpc) is 2.37. The molecule has 6 nitrogen and oxygen atoms in total. The van der Waals surface area contributed by atoms with Crippen molar-refractivity contribution in [1.82, 2.24) is 0 Å². The van der Waals surface area contributed by atoms with E-state index < -0.39 is 5.97 Å². The van der Waals surface area contributed by atoms with E-state index in [1.54, 1.807) is 13.8 Å². The molecule has 0 radical (unpaired) electrons. The van der Waals surface area contributed by atoms with Gasteiger partial charge in [0.05, 0.1) is 5.56 Å². The summed E-state index contributed by atoms with van der Waals surface area (Å²) < 4.78 is 0. The number of amides is 2. The van der Waals surface area contributed by atoms with Crippen molar-refractivity contribution >= 4 is 29.2 Å². The number of carbonyl (C=O) groups excluding carboxylic acids is 2. The third kappa shape index (κ3) is 4.42. The third-order valence-corrected chi connectivity index (χ3v) is 2.39. The normalized spacial score (nSPS) is 9.79. The van der Waals surface area contributed by atoms with E-state index in [0.29, 0.717) is 11.4 Å². The second kappa shape index (κ2) is 6.53. The average molecular weight is 264 g/mol. The van der Waals surface area contributed by atoms with Crippen LogP contribution in [0, 0.1) is 0 Å². The molecule has 102 valence electrons. The highest BCUT2D eigenvalue weighted by Gasteiger charge is 2.10. The maximum Gasteiger partial charge on any atom is 0.335 e. The molecule has 0 aliphatic rings. The number of aromatic carboxylic acids is 1. The highest BCUT2D eigenvalue weighted by Crippen LogP contribution is 2.19. The quantitative estimate of drug-likeness (QED) is 0.758. The molecule has 2 amide bonds. The number of hydrogen-bond acceptors (Lipinski definition) is 3. The Labute approximate surface area is 110 Å². The molecule has 19 heavy (non-hydrogen) atoms. The second-order valence-corrected chi connectivity index (χ2v) is 3.91. The highest BCUT2D eigenvalue weighted by atomic mass is 16.4. The lowest BCUT2D eigenvalue weighted by Crippen LogP contribution is -2.13. The van der Waals surface area contributed by atoms with E-state index in [0.717, 1.165) is 0 Å². The van der Waals surface area contributed by atoms with Gasteiger partial charge in [0, 0.05) is 24.2 Å². The summed E-state index contributed by atoms with van der Waals surface area (Å²) in [6.07, 6.45) is 0.571. The molecule has 0 saturated heterocycles. The predicted octanol–water partition coefficient (Wildman–Crippen LogP) is 2.08. The number of hydrogen-bond donors (Lipinski definition) is 3. The van der Waals surface area contributed by atoms with Crippen molar-refractivity contribution in [3.05, 3.63) is 23.8 Å². The maximum atomic E-state index is 11.3. The number of nitrogens with one attached hydrogen (secondary N) is 2. The van der Waals surface area contributed by atoms with E-state index in [4.69, 9.17) is 5.11 Å². The fourth-order valence-corrected chi connectivity index (χ4v) is 1.39. The van der Waals surface area contributed by atoms with E-state index in [9.17, 15) is 14.4 Å². The lowest BCUT2D eigenvalue weighted by atomic mass is 10.1. The van der Waals surface area contributed by atoms with E-state index in [1.165, 1.54) is 18.2 Å². The molecule has 1 rings (SSSR count). The molecule has 0 atom stereocenters. The van der Waals surface area contributed by atoms with Crippen molar-refractivity contribution in [2.24, 2.45) is 0 Å². The van der Waals surface area contributed by atoms with Crippen molar-refractivity contribution in [3.8, 4) is 0 Å². The first-order chi connectivity index (χ1) is 8.96. The van der Waals surface area contributed by atoms with Gasteiger partial charge in [-0.3, -0.25) is 9.59 Å². The molecule has 0 saturated carbocycles. The van der Waals surface area contributed by atoms with Crippen molar-refractivity contribution in [3.63, 3.8) is 0 Å². The fraction of sp³-hybridized carbons (Fsp3) is 0.308. The smallest absolute Gasteiger partial charge is 0.335 e. The minimum absolute atomic E-state index is 0.000283. The molecule has 0 fully saturated rings. The van der Waals surface area contributed by atoms with Crippen LogP contribution in [0.5, 0.6) is 0 Å². The van der Waals surface area contributed by atoms with Crippen LogP contribution in [0.4, 0.5) is 11.4 Å². The largest absolute Gasteiger partial charge is 0.478 e. The van der Waals surface area contributed by atoms with Crippen LogP contribution in [0.1, 0.15) is 37.0 Å². The topological polar surface area (TPSA) is 95.5 Å². The monoisotopic (exact) mass is 264 g/mol. The van der Waals surface area contributed by atoms with Crippen LogP contribution in [-0.4, -0.2) is 22.9 Å². The molecule has 0 spiro atoms. The molecular formula is C13H16N2O4. The molecule has 0 heterocycles. The SMILES string of the molecule is CCC(=O)Nc1cc(NC(=O)CC)cc(C(=O)O)c1. The summed E-state index contributed by atoms with van der Waals surface area (Å²) in [7, 11) is 0. The van der Waals surface area contributed by atoms with E-state index >= 15 is 0 Å². The van der Waals surface area contributed by atoms with Gasteiger partial charge in [-0.2, -0.15) is 0 Å². The van der Waals surface area contributed by atoms with Crippen molar-refractivity contribution < 1.29 is 19.5 Å². The minimum atomic E-state index is -1.13. The number of rotatable bonds is 5. The van der Waals surface area contributed by atoms with Gasteiger partial charge >= 0.3 is 5.97 Å². The summed E-state index contributed by atoms with van der Waals surface area (Å²) in [5.74, 6) is -1.58. The molecular weight excluding hydrogens is 248 g/mol. The molecule has 1 aromatic carbocycles. The van der Waals surface area contributed by atoms with Crippen molar-refractivity contribution in [1.29, 1.82) is 0 Å². The Hall–Kier alpha value is -2.37. The van der Waals surface area contributed by atoms with Gasteiger partial charge in [-0.05, 0) is 18.2 Å². The Bertz CT molecular complexity index is 475. The van der Waals surface area contributed by atoms with Crippen LogP contribution in [0.3, 0.4) is 0 Å². The molecule has 3 N–H and O–H groups in total. The van der Waals surface area contributed by atoms with E-state index in [2.05, 4.69) is 10.6 Å². The first-order valence-corrected chi connectivity index (χ1v) is 5.94. The highest BCUT2D eigenvalue weighted by molar-refractivity contribution is 5.97. The number of carbonyl (C=O) groups is 3. The summed E-state index contributed by atoms with van der Waals surface area (Å²) in [6.45, 7) is 3.38. The van der Waals surface area contributed by atoms with E-state index in [1.807, 2.05) is 0 Å². The van der Waals surface area contributed by atoms with E-state index in [-0.39, 0.29) is 30.2 Å². The Kier molecular flexibility index (Phi) is 5.05. The Balaban J connectivity index is 3.06. The van der Waals surface area contributed by atoms with Gasteiger partial charge in [0.2, 0.25) is 11.8 Å². The van der Waals surface area contributed by atoms with Crippen LogP contribution in [0.25, 0.3) is 0 Å². The van der Waals surface area contributed by atoms with Gasteiger partial charge in [-0.1, -0.05) is 13.8 Å². The molecule has 0 aromatic heterocycles. The Morgan fingerprint density at radius 1 is 0.947 bits per heavy atom. The summed E-state index contributed by atoms with van der Waals surface area (Å²) in [4.78, 5) is 33.6. The molecule has 1 aromatic rings. The summed E-state index contributed by atoms with van der Waals surface area (Å²) >= 11 is 0. The molecule has 0 unspecified atom stereocenters. The lowest BCUT2D eigenvalue weighted by Gasteiger charge is -2.09. The van der Waals surface area contributed by atoms with Gasteiger partial charge in [-0.25, -0.2) is 4.79 Å². The van der Waals surface area contributed by atoms with Gasteiger partial charge in [0.25, 0.3) is 0 Å². The van der Waals surface area contributed by atoms with Gasteiger partial charge in [0.15, 0.2) is 0 Å². The molecule has 0 aliphatic heterocycles. The van der Waals surface area contributed by atoms with Crippen LogP contribution >= 0.6 is 0 Å². The molecule has 6 heteroatoms. The Morgan fingerprint density at radius 3 is 1.68 bits per heavy atom. The number of carboxylic acids is 1. The lowest BCUT2D eigenvalue weighted by molar-refractivity contribution is -0.116. The zero-order valence-electron chi connectivity index (χ0n) is 10.8.